The van der Waals surface area contributed by atoms with E-state index >= 15 is 0 Å². The Morgan fingerprint density at radius 3 is 2.85 bits per heavy atom. The summed E-state index contributed by atoms with van der Waals surface area (Å²) >= 11 is 3.30. The van der Waals surface area contributed by atoms with Gasteiger partial charge in [0.05, 0.1) is 16.1 Å². The maximum absolute atomic E-state index is 8.60. The van der Waals surface area contributed by atoms with Gasteiger partial charge in [0.2, 0.25) is 0 Å². The van der Waals surface area contributed by atoms with Crippen molar-refractivity contribution < 1.29 is 4.74 Å². The van der Waals surface area contributed by atoms with Crippen molar-refractivity contribution in [2.45, 2.75) is 0 Å². The first kappa shape index (κ1) is 10.0. The zero-order valence-electron chi connectivity index (χ0n) is 6.96. The number of nitriles is 1. The van der Waals surface area contributed by atoms with Gasteiger partial charge in [-0.05, 0) is 34.1 Å². The van der Waals surface area contributed by atoms with Crippen LogP contribution in [-0.4, -0.2) is 13.2 Å². The number of benzene rings is 1. The van der Waals surface area contributed by atoms with Crippen molar-refractivity contribution >= 4 is 15.9 Å². The Hall–Kier alpha value is -1.05. The average molecular weight is 241 g/mol. The van der Waals surface area contributed by atoms with E-state index in [0.717, 1.165) is 4.47 Å². The molecule has 0 saturated carbocycles. The molecule has 1 aromatic rings. The monoisotopic (exact) mass is 240 g/mol. The molecule has 2 N–H and O–H groups in total. The predicted molar refractivity (Wildman–Crippen MR) is 53.4 cm³/mol. The minimum absolute atomic E-state index is 0.477. The maximum Gasteiger partial charge on any atom is 0.133 e. The molecule has 0 atom stereocenters. The number of hydrogen-bond acceptors (Lipinski definition) is 3. The van der Waals surface area contributed by atoms with Crippen LogP contribution in [0.2, 0.25) is 0 Å². The van der Waals surface area contributed by atoms with Crippen molar-refractivity contribution in [3.05, 3.63) is 28.2 Å². The minimum atomic E-state index is 0.477. The second-order valence-electron chi connectivity index (χ2n) is 2.39. The topological polar surface area (TPSA) is 59.0 Å². The molecule has 0 unspecified atom stereocenters. The highest BCUT2D eigenvalue weighted by molar-refractivity contribution is 9.10. The van der Waals surface area contributed by atoms with Crippen molar-refractivity contribution in [2.75, 3.05) is 13.2 Å². The Morgan fingerprint density at radius 1 is 1.54 bits per heavy atom. The largest absolute Gasteiger partial charge is 0.491 e. The third-order valence-corrected chi connectivity index (χ3v) is 2.06. The summed E-state index contributed by atoms with van der Waals surface area (Å²) in [6.45, 7) is 0.955. The van der Waals surface area contributed by atoms with Gasteiger partial charge in [-0.2, -0.15) is 5.26 Å². The van der Waals surface area contributed by atoms with E-state index in [9.17, 15) is 0 Å². The SMILES string of the molecule is N#Cc1ccc(OCCN)c(Br)c1. The first-order valence-electron chi connectivity index (χ1n) is 3.80. The van der Waals surface area contributed by atoms with Crippen LogP contribution in [0.1, 0.15) is 5.56 Å². The molecule has 0 radical (unpaired) electrons. The highest BCUT2D eigenvalue weighted by Gasteiger charge is 2.01. The Balaban J connectivity index is 2.81. The van der Waals surface area contributed by atoms with E-state index in [1.54, 1.807) is 18.2 Å². The van der Waals surface area contributed by atoms with Crippen LogP contribution in [0, 0.1) is 11.3 Å². The lowest BCUT2D eigenvalue weighted by Crippen LogP contribution is -2.10. The van der Waals surface area contributed by atoms with Crippen LogP contribution in [0.3, 0.4) is 0 Å². The van der Waals surface area contributed by atoms with E-state index in [1.807, 2.05) is 6.07 Å². The summed E-state index contributed by atoms with van der Waals surface area (Å²) in [7, 11) is 0. The first-order chi connectivity index (χ1) is 6.27. The zero-order chi connectivity index (χ0) is 9.68. The summed E-state index contributed by atoms with van der Waals surface area (Å²) in [5.74, 6) is 0.712. The molecular formula is C9H9BrN2O. The molecule has 0 fully saturated rings. The van der Waals surface area contributed by atoms with Crippen LogP contribution in [-0.2, 0) is 0 Å². The van der Waals surface area contributed by atoms with Crippen LogP contribution < -0.4 is 10.5 Å². The van der Waals surface area contributed by atoms with Gasteiger partial charge in [0, 0.05) is 6.54 Å². The number of nitrogens with zero attached hydrogens (tertiary/aromatic N) is 1. The van der Waals surface area contributed by atoms with Gasteiger partial charge < -0.3 is 10.5 Å². The summed E-state index contributed by atoms with van der Waals surface area (Å²) in [5, 5.41) is 8.60. The lowest BCUT2D eigenvalue weighted by molar-refractivity contribution is 0.326. The fourth-order valence-electron chi connectivity index (χ4n) is 0.856. The second-order valence-corrected chi connectivity index (χ2v) is 3.25. The molecule has 0 aliphatic carbocycles. The Morgan fingerprint density at radius 2 is 2.31 bits per heavy atom. The maximum atomic E-state index is 8.60. The molecule has 0 bridgehead atoms. The van der Waals surface area contributed by atoms with Crippen LogP contribution in [0.4, 0.5) is 0 Å². The van der Waals surface area contributed by atoms with Crippen LogP contribution in [0.25, 0.3) is 0 Å². The fourth-order valence-corrected chi connectivity index (χ4v) is 1.35. The van der Waals surface area contributed by atoms with Gasteiger partial charge in [-0.25, -0.2) is 0 Å². The number of halogens is 1. The Labute approximate surface area is 85.2 Å². The minimum Gasteiger partial charge on any atom is -0.491 e. The third-order valence-electron chi connectivity index (χ3n) is 1.44. The Bertz CT molecular complexity index is 333. The molecule has 0 heterocycles. The highest BCUT2D eigenvalue weighted by Crippen LogP contribution is 2.25. The van der Waals surface area contributed by atoms with Gasteiger partial charge >= 0.3 is 0 Å². The van der Waals surface area contributed by atoms with Crippen LogP contribution in [0.5, 0.6) is 5.75 Å². The zero-order valence-corrected chi connectivity index (χ0v) is 8.54. The molecule has 68 valence electrons. The molecule has 13 heavy (non-hydrogen) atoms. The summed E-state index contributed by atoms with van der Waals surface area (Å²) in [6, 6.07) is 7.21. The lowest BCUT2D eigenvalue weighted by atomic mass is 10.2. The smallest absolute Gasteiger partial charge is 0.133 e. The second kappa shape index (κ2) is 4.85. The van der Waals surface area contributed by atoms with E-state index in [-0.39, 0.29) is 0 Å². The van der Waals surface area contributed by atoms with E-state index in [2.05, 4.69) is 15.9 Å². The van der Waals surface area contributed by atoms with Crippen molar-refractivity contribution in [2.24, 2.45) is 5.73 Å². The van der Waals surface area contributed by atoms with E-state index in [4.69, 9.17) is 15.7 Å². The molecule has 0 saturated heterocycles. The fraction of sp³-hybridized carbons (Fsp3) is 0.222. The van der Waals surface area contributed by atoms with Crippen molar-refractivity contribution in [3.8, 4) is 11.8 Å². The van der Waals surface area contributed by atoms with E-state index in [1.165, 1.54) is 0 Å². The number of nitrogens with two attached hydrogens (primary N) is 1. The number of hydrogen-bond donors (Lipinski definition) is 1. The standard InChI is InChI=1S/C9H9BrN2O/c10-8-5-7(6-12)1-2-9(8)13-4-3-11/h1-2,5H,3-4,11H2. The van der Waals surface area contributed by atoms with E-state index in [0.29, 0.717) is 24.5 Å². The molecule has 0 spiro atoms. The van der Waals surface area contributed by atoms with Gasteiger partial charge in [0.1, 0.15) is 12.4 Å². The molecule has 0 aliphatic rings. The molecule has 0 aliphatic heterocycles. The highest BCUT2D eigenvalue weighted by atomic mass is 79.9. The van der Waals surface area contributed by atoms with E-state index < -0.39 is 0 Å². The third kappa shape index (κ3) is 2.72. The molecule has 1 aromatic carbocycles. The van der Waals surface area contributed by atoms with Gasteiger partial charge in [-0.15, -0.1) is 0 Å². The summed E-state index contributed by atoms with van der Waals surface area (Å²) in [5.41, 5.74) is 5.89. The van der Waals surface area contributed by atoms with Gasteiger partial charge in [0.15, 0.2) is 0 Å². The molecular weight excluding hydrogens is 232 g/mol. The predicted octanol–water partition coefficient (Wildman–Crippen LogP) is 1.66. The summed E-state index contributed by atoms with van der Waals surface area (Å²) < 4.78 is 6.08. The van der Waals surface area contributed by atoms with Gasteiger partial charge in [0.25, 0.3) is 0 Å². The summed E-state index contributed by atoms with van der Waals surface area (Å²) in [6.07, 6.45) is 0. The van der Waals surface area contributed by atoms with Crippen molar-refractivity contribution in [1.82, 2.24) is 0 Å². The van der Waals surface area contributed by atoms with Gasteiger partial charge in [-0.3, -0.25) is 0 Å². The molecule has 4 heteroatoms. The number of ether oxygens (including phenoxy) is 1. The average Bonchev–Trinajstić information content (AvgIpc) is 2.16. The normalized spacial score (nSPS) is 9.31. The summed E-state index contributed by atoms with van der Waals surface area (Å²) in [4.78, 5) is 0. The lowest BCUT2D eigenvalue weighted by Gasteiger charge is -2.06. The molecule has 0 aromatic heterocycles. The van der Waals surface area contributed by atoms with Gasteiger partial charge in [-0.1, -0.05) is 0 Å². The Kier molecular flexibility index (Phi) is 3.74. The number of rotatable bonds is 3. The first-order valence-corrected chi connectivity index (χ1v) is 4.59. The quantitative estimate of drug-likeness (QED) is 0.875. The van der Waals surface area contributed by atoms with Crippen LogP contribution in [0.15, 0.2) is 22.7 Å². The molecule has 0 amide bonds. The van der Waals surface area contributed by atoms with Crippen LogP contribution >= 0.6 is 15.9 Å². The van der Waals surface area contributed by atoms with Crippen molar-refractivity contribution in [1.29, 1.82) is 5.26 Å². The molecule has 1 rings (SSSR count). The van der Waals surface area contributed by atoms with Crippen molar-refractivity contribution in [3.63, 3.8) is 0 Å². The molecule has 3 nitrogen and oxygen atoms in total.